The monoisotopic (exact) mass is 172 g/mol. The third-order valence-electron chi connectivity index (χ3n) is 3.46. The number of rotatable bonds is 0. The molecular formula is C12H12O. The Bertz CT molecular complexity index is 392. The Morgan fingerprint density at radius 3 is 2.85 bits per heavy atom. The van der Waals surface area contributed by atoms with E-state index in [-0.39, 0.29) is 0 Å². The molecule has 0 saturated heterocycles. The van der Waals surface area contributed by atoms with Crippen molar-refractivity contribution in [3.05, 3.63) is 34.9 Å². The smallest absolute Gasteiger partial charge is 0.137 e. The Labute approximate surface area is 77.8 Å². The van der Waals surface area contributed by atoms with Crippen LogP contribution in [-0.4, -0.2) is 5.78 Å². The highest BCUT2D eigenvalue weighted by Gasteiger charge is 2.45. The molecule has 0 N–H and O–H groups in total. The van der Waals surface area contributed by atoms with Crippen LogP contribution in [0.15, 0.2) is 18.2 Å². The zero-order valence-electron chi connectivity index (χ0n) is 7.71. The number of carbonyl (C=O) groups is 1. The Balaban J connectivity index is 2.09. The van der Waals surface area contributed by atoms with Crippen molar-refractivity contribution in [3.8, 4) is 0 Å². The first kappa shape index (κ1) is 7.31. The molecule has 3 rings (SSSR count). The van der Waals surface area contributed by atoms with Crippen LogP contribution in [0.2, 0.25) is 0 Å². The maximum absolute atomic E-state index is 11.3. The number of aryl methyl sites for hydroxylation is 1. The lowest BCUT2D eigenvalue weighted by Crippen LogP contribution is -2.31. The van der Waals surface area contributed by atoms with Crippen molar-refractivity contribution < 1.29 is 4.79 Å². The molecule has 1 fully saturated rings. The number of hydrogen-bond acceptors (Lipinski definition) is 1. The highest BCUT2D eigenvalue weighted by atomic mass is 16.1. The fraction of sp³-hybridized carbons (Fsp3) is 0.417. The predicted molar refractivity (Wildman–Crippen MR) is 50.7 cm³/mol. The fourth-order valence-corrected chi connectivity index (χ4v) is 2.67. The molecule has 1 heteroatoms. The van der Waals surface area contributed by atoms with Gasteiger partial charge in [0.15, 0.2) is 0 Å². The van der Waals surface area contributed by atoms with Gasteiger partial charge in [-0.05, 0) is 24.5 Å². The summed E-state index contributed by atoms with van der Waals surface area (Å²) in [6.45, 7) is 2.11. The molecule has 2 atom stereocenters. The molecule has 1 aromatic rings. The van der Waals surface area contributed by atoms with Crippen LogP contribution in [0.5, 0.6) is 0 Å². The van der Waals surface area contributed by atoms with E-state index in [1.807, 2.05) is 0 Å². The Hall–Kier alpha value is -1.11. The van der Waals surface area contributed by atoms with Crippen LogP contribution < -0.4 is 0 Å². The maximum Gasteiger partial charge on any atom is 0.137 e. The van der Waals surface area contributed by atoms with Crippen molar-refractivity contribution in [3.63, 3.8) is 0 Å². The van der Waals surface area contributed by atoms with E-state index in [1.165, 1.54) is 16.7 Å². The van der Waals surface area contributed by atoms with Crippen molar-refractivity contribution in [2.24, 2.45) is 5.92 Å². The van der Waals surface area contributed by atoms with Gasteiger partial charge in [-0.1, -0.05) is 23.8 Å². The van der Waals surface area contributed by atoms with Crippen LogP contribution in [0, 0.1) is 12.8 Å². The summed E-state index contributed by atoms with van der Waals surface area (Å²) >= 11 is 0. The largest absolute Gasteiger partial charge is 0.299 e. The van der Waals surface area contributed by atoms with E-state index in [2.05, 4.69) is 25.1 Å². The van der Waals surface area contributed by atoms with Gasteiger partial charge in [0.2, 0.25) is 0 Å². The molecule has 0 aromatic heterocycles. The summed E-state index contributed by atoms with van der Waals surface area (Å²) in [6.07, 6.45) is 1.79. The molecule has 2 aliphatic carbocycles. The van der Waals surface area contributed by atoms with Gasteiger partial charge in [-0.2, -0.15) is 0 Å². The number of Topliss-reactive ketones (excluding diaryl/α,β-unsaturated/α-hetero) is 1. The molecule has 0 unspecified atom stereocenters. The molecule has 0 bridgehead atoms. The number of ketones is 1. The third kappa shape index (κ3) is 0.846. The Morgan fingerprint density at radius 1 is 1.23 bits per heavy atom. The summed E-state index contributed by atoms with van der Waals surface area (Å²) < 4.78 is 0. The van der Waals surface area contributed by atoms with E-state index in [4.69, 9.17) is 0 Å². The minimum atomic E-state index is 0.344. The van der Waals surface area contributed by atoms with Crippen molar-refractivity contribution in [1.82, 2.24) is 0 Å². The van der Waals surface area contributed by atoms with Gasteiger partial charge in [0.1, 0.15) is 5.78 Å². The van der Waals surface area contributed by atoms with Gasteiger partial charge in [-0.15, -0.1) is 0 Å². The first-order valence-electron chi connectivity index (χ1n) is 4.88. The van der Waals surface area contributed by atoms with E-state index >= 15 is 0 Å². The molecule has 2 aliphatic rings. The molecule has 1 aromatic carbocycles. The number of benzene rings is 1. The average molecular weight is 172 g/mol. The van der Waals surface area contributed by atoms with Gasteiger partial charge in [0, 0.05) is 18.3 Å². The Kier molecular flexibility index (Phi) is 1.25. The molecule has 66 valence electrons. The molecule has 13 heavy (non-hydrogen) atoms. The maximum atomic E-state index is 11.3. The van der Waals surface area contributed by atoms with Crippen molar-refractivity contribution >= 4 is 5.78 Å². The first-order chi connectivity index (χ1) is 6.25. The summed E-state index contributed by atoms with van der Waals surface area (Å²) in [5, 5.41) is 0. The topological polar surface area (TPSA) is 17.1 Å². The van der Waals surface area contributed by atoms with Crippen molar-refractivity contribution in [2.75, 3.05) is 0 Å². The van der Waals surface area contributed by atoms with Crippen molar-refractivity contribution in [2.45, 2.75) is 25.7 Å². The van der Waals surface area contributed by atoms with E-state index in [0.29, 0.717) is 17.6 Å². The Morgan fingerprint density at radius 2 is 2.08 bits per heavy atom. The van der Waals surface area contributed by atoms with E-state index in [0.717, 1.165) is 12.8 Å². The molecular weight excluding hydrogens is 160 g/mol. The summed E-state index contributed by atoms with van der Waals surface area (Å²) in [5.74, 6) is 1.39. The van der Waals surface area contributed by atoms with Gasteiger partial charge in [0.05, 0.1) is 0 Å². The quantitative estimate of drug-likeness (QED) is 0.586. The molecule has 1 nitrogen and oxygen atoms in total. The van der Waals surface area contributed by atoms with Gasteiger partial charge < -0.3 is 0 Å². The summed E-state index contributed by atoms with van der Waals surface area (Å²) in [4.78, 5) is 11.3. The van der Waals surface area contributed by atoms with E-state index < -0.39 is 0 Å². The minimum absolute atomic E-state index is 0.344. The van der Waals surface area contributed by atoms with Crippen LogP contribution in [0.4, 0.5) is 0 Å². The molecule has 0 aliphatic heterocycles. The number of hydrogen-bond donors (Lipinski definition) is 0. The van der Waals surface area contributed by atoms with Crippen molar-refractivity contribution in [1.29, 1.82) is 0 Å². The number of fused-ring (bicyclic) bond motifs is 3. The van der Waals surface area contributed by atoms with Gasteiger partial charge >= 0.3 is 0 Å². The van der Waals surface area contributed by atoms with E-state index in [9.17, 15) is 4.79 Å². The normalized spacial score (nSPS) is 29.5. The lowest BCUT2D eigenvalue weighted by atomic mass is 9.73. The lowest BCUT2D eigenvalue weighted by molar-refractivity contribution is -0.130. The third-order valence-corrected chi connectivity index (χ3v) is 3.46. The van der Waals surface area contributed by atoms with Crippen LogP contribution in [0.25, 0.3) is 0 Å². The molecule has 0 radical (unpaired) electrons. The average Bonchev–Trinajstić information content (AvgIpc) is 2.39. The van der Waals surface area contributed by atoms with E-state index in [1.54, 1.807) is 0 Å². The van der Waals surface area contributed by atoms with Crippen LogP contribution in [0.1, 0.15) is 29.0 Å². The first-order valence-corrected chi connectivity index (χ1v) is 4.88. The highest BCUT2D eigenvalue weighted by Crippen LogP contribution is 2.48. The number of carbonyl (C=O) groups excluding carboxylic acids is 1. The molecule has 0 spiro atoms. The summed E-state index contributed by atoms with van der Waals surface area (Å²) in [7, 11) is 0. The standard InChI is InChI=1S/C12H12O/c1-7-2-3-9-8(4-7)5-11-10(9)6-12(11)13/h2-4,10-11H,5-6H2,1H3/t10-,11+/m0/s1. The SMILES string of the molecule is Cc1ccc2c(c1)C[C@H]1C(=O)C[C@@H]21. The summed E-state index contributed by atoms with van der Waals surface area (Å²) in [6, 6.07) is 6.60. The zero-order valence-corrected chi connectivity index (χ0v) is 7.71. The van der Waals surface area contributed by atoms with Gasteiger partial charge in [0.25, 0.3) is 0 Å². The highest BCUT2D eigenvalue weighted by molar-refractivity contribution is 5.91. The second-order valence-corrected chi connectivity index (χ2v) is 4.29. The molecule has 0 heterocycles. The van der Waals surface area contributed by atoms with Gasteiger partial charge in [-0.25, -0.2) is 0 Å². The second-order valence-electron chi connectivity index (χ2n) is 4.29. The molecule has 0 amide bonds. The lowest BCUT2D eigenvalue weighted by Gasteiger charge is -2.28. The van der Waals surface area contributed by atoms with Crippen LogP contribution in [-0.2, 0) is 11.2 Å². The minimum Gasteiger partial charge on any atom is -0.299 e. The fourth-order valence-electron chi connectivity index (χ4n) is 2.67. The zero-order chi connectivity index (χ0) is 9.00. The van der Waals surface area contributed by atoms with Crippen LogP contribution in [0.3, 0.4) is 0 Å². The van der Waals surface area contributed by atoms with Crippen LogP contribution >= 0.6 is 0 Å². The predicted octanol–water partition coefficient (Wildman–Crippen LogP) is 2.22. The second kappa shape index (κ2) is 2.22. The molecule has 1 saturated carbocycles. The van der Waals surface area contributed by atoms with Gasteiger partial charge in [-0.3, -0.25) is 4.79 Å². The summed E-state index contributed by atoms with van der Waals surface area (Å²) in [5.41, 5.74) is 4.17.